The van der Waals surface area contributed by atoms with E-state index in [2.05, 4.69) is 22.8 Å². The Balaban J connectivity index is 1.14. The fourth-order valence-electron chi connectivity index (χ4n) is 8.68. The first-order valence-corrected chi connectivity index (χ1v) is 24.6. The van der Waals surface area contributed by atoms with Crippen LogP contribution in [0.1, 0.15) is 99.9 Å². The molecule has 5 aromatic carbocycles. The van der Waals surface area contributed by atoms with Crippen molar-refractivity contribution in [2.75, 3.05) is 49.0 Å². The number of amides is 6. The topological polar surface area (TPSA) is 153 Å². The lowest BCUT2D eigenvalue weighted by atomic mass is 9.89. The standard InChI is InChI=1S/C52H54N8O4S2/c1-35(2)59(52(64)56-45-30-43(18-20-47(45)65-3)49(61)57-26-22-41(23-27-57)39-14-10-36(32-53)11-15-39)60(51(63)55-34-38-8-6-5-7-9-38)46-31-44(19-21-48(46)66-4)50(62)58-28-24-42(25-29-58)40-16-12-37(33-54)13-17-40/h5-21,30-31,35,41-42H,22-29,34H2,1-4H3,(H,55,63)(H,56,64). The van der Waals surface area contributed by atoms with Gasteiger partial charge in [-0.15, -0.1) is 23.5 Å². The molecule has 0 saturated carbocycles. The molecule has 338 valence electrons. The molecule has 0 unspecified atom stereocenters. The van der Waals surface area contributed by atoms with Crippen molar-refractivity contribution in [3.05, 3.63) is 154 Å². The van der Waals surface area contributed by atoms with Crippen LogP contribution in [-0.4, -0.2) is 83.4 Å². The van der Waals surface area contributed by atoms with Gasteiger partial charge in [-0.05, 0) is 141 Å². The van der Waals surface area contributed by atoms with Crippen molar-refractivity contribution in [3.63, 3.8) is 0 Å². The van der Waals surface area contributed by atoms with Gasteiger partial charge < -0.3 is 20.4 Å². The summed E-state index contributed by atoms with van der Waals surface area (Å²) in [4.78, 5) is 62.9. The van der Waals surface area contributed by atoms with Crippen molar-refractivity contribution >= 4 is 58.8 Å². The summed E-state index contributed by atoms with van der Waals surface area (Å²) in [7, 11) is 0. The number of urea groups is 2. The number of hydrazine groups is 1. The Bertz CT molecular complexity index is 2610. The molecule has 2 aliphatic rings. The van der Waals surface area contributed by atoms with E-state index >= 15 is 0 Å². The van der Waals surface area contributed by atoms with Gasteiger partial charge in [-0.3, -0.25) is 9.59 Å². The third-order valence-electron chi connectivity index (χ3n) is 12.3. The summed E-state index contributed by atoms with van der Waals surface area (Å²) >= 11 is 2.83. The highest BCUT2D eigenvalue weighted by Crippen LogP contribution is 2.36. The molecule has 2 N–H and O–H groups in total. The molecule has 66 heavy (non-hydrogen) atoms. The van der Waals surface area contributed by atoms with Gasteiger partial charge in [-0.1, -0.05) is 54.6 Å². The number of hydrogen-bond donors (Lipinski definition) is 2. The smallest absolute Gasteiger partial charge is 0.339 e. The predicted octanol–water partition coefficient (Wildman–Crippen LogP) is 10.5. The van der Waals surface area contributed by atoms with Crippen LogP contribution in [0.4, 0.5) is 21.0 Å². The van der Waals surface area contributed by atoms with Crippen molar-refractivity contribution in [3.8, 4) is 12.1 Å². The number of carbonyl (C=O) groups is 4. The monoisotopic (exact) mass is 918 g/mol. The number of nitriles is 2. The molecule has 0 radical (unpaired) electrons. The molecule has 2 saturated heterocycles. The summed E-state index contributed by atoms with van der Waals surface area (Å²) in [5, 5.41) is 27.2. The van der Waals surface area contributed by atoms with Crippen molar-refractivity contribution < 1.29 is 19.2 Å². The quantitative estimate of drug-likeness (QED) is 0.0981. The lowest BCUT2D eigenvalue weighted by molar-refractivity contribution is 0.0705. The van der Waals surface area contributed by atoms with Crippen LogP contribution in [0.3, 0.4) is 0 Å². The first-order valence-electron chi connectivity index (χ1n) is 22.2. The maximum Gasteiger partial charge on any atom is 0.341 e. The van der Waals surface area contributed by atoms with Crippen LogP contribution < -0.4 is 15.6 Å². The highest BCUT2D eigenvalue weighted by Gasteiger charge is 2.34. The van der Waals surface area contributed by atoms with E-state index in [1.807, 2.05) is 127 Å². The van der Waals surface area contributed by atoms with E-state index in [0.29, 0.717) is 64.7 Å². The molecule has 12 nitrogen and oxygen atoms in total. The second-order valence-corrected chi connectivity index (χ2v) is 18.4. The SMILES string of the molecule is CSc1ccc(C(=O)N2CCC(c3ccc(C#N)cc3)CC2)cc1NC(=O)N(C(C)C)N(C(=O)NCc1ccccc1)c1cc(C(=O)N2CCC(c3ccc(C#N)cc3)CC2)ccc1SC. The van der Waals surface area contributed by atoms with Gasteiger partial charge in [-0.25, -0.2) is 14.6 Å². The molecule has 2 fully saturated rings. The van der Waals surface area contributed by atoms with Crippen molar-refractivity contribution in [2.45, 2.75) is 73.7 Å². The van der Waals surface area contributed by atoms with Crippen LogP contribution in [0.5, 0.6) is 0 Å². The zero-order valence-corrected chi connectivity index (χ0v) is 39.3. The van der Waals surface area contributed by atoms with Gasteiger partial charge in [0.2, 0.25) is 0 Å². The number of hydrogen-bond acceptors (Lipinski definition) is 8. The van der Waals surface area contributed by atoms with Crippen molar-refractivity contribution in [2.24, 2.45) is 0 Å². The summed E-state index contributed by atoms with van der Waals surface area (Å²) in [5.74, 6) is 0.247. The van der Waals surface area contributed by atoms with Crippen molar-refractivity contribution in [1.29, 1.82) is 10.5 Å². The molecule has 0 spiro atoms. The maximum atomic E-state index is 14.8. The highest BCUT2D eigenvalue weighted by atomic mass is 32.2. The molecule has 0 aliphatic carbocycles. The van der Waals surface area contributed by atoms with Gasteiger partial charge in [0.25, 0.3) is 11.8 Å². The zero-order chi connectivity index (χ0) is 46.7. The number of carbonyl (C=O) groups excluding carboxylic acids is 4. The molecule has 5 aromatic rings. The van der Waals surface area contributed by atoms with Crippen LogP contribution in [0.25, 0.3) is 0 Å². The Morgan fingerprint density at radius 2 is 1.14 bits per heavy atom. The number of thioether (sulfide) groups is 2. The van der Waals surface area contributed by atoms with Gasteiger partial charge in [0.1, 0.15) is 0 Å². The lowest BCUT2D eigenvalue weighted by Gasteiger charge is -2.38. The Labute approximate surface area is 395 Å². The van der Waals surface area contributed by atoms with Crippen molar-refractivity contribution in [1.82, 2.24) is 20.1 Å². The predicted molar refractivity (Wildman–Crippen MR) is 262 cm³/mol. The van der Waals surface area contributed by atoms with Gasteiger partial charge in [0.15, 0.2) is 0 Å². The van der Waals surface area contributed by atoms with Gasteiger partial charge in [0.05, 0.1) is 40.7 Å². The van der Waals surface area contributed by atoms with Crippen LogP contribution in [-0.2, 0) is 6.54 Å². The normalized spacial score (nSPS) is 14.2. The number of rotatable bonds is 11. The van der Waals surface area contributed by atoms with E-state index in [4.69, 9.17) is 0 Å². The number of likely N-dealkylation sites (tertiary alicyclic amines) is 2. The Morgan fingerprint density at radius 3 is 1.61 bits per heavy atom. The Morgan fingerprint density at radius 1 is 0.652 bits per heavy atom. The van der Waals surface area contributed by atoms with E-state index in [9.17, 15) is 29.7 Å². The number of nitrogens with one attached hydrogen (secondary N) is 2. The third kappa shape index (κ3) is 11.0. The van der Waals surface area contributed by atoms with Crippen LogP contribution in [0.15, 0.2) is 125 Å². The Kier molecular flexibility index (Phi) is 15.7. The molecule has 6 amide bonds. The number of benzene rings is 5. The zero-order valence-electron chi connectivity index (χ0n) is 37.7. The second-order valence-electron chi connectivity index (χ2n) is 16.7. The van der Waals surface area contributed by atoms with E-state index in [0.717, 1.165) is 47.3 Å². The minimum Gasteiger partial charge on any atom is -0.339 e. The Hall–Kier alpha value is -6.74. The third-order valence-corrected chi connectivity index (χ3v) is 13.9. The molecule has 0 bridgehead atoms. The summed E-state index contributed by atoms with van der Waals surface area (Å²) in [5.41, 5.74) is 6.04. The van der Waals surface area contributed by atoms with E-state index < -0.39 is 18.1 Å². The first kappa shape index (κ1) is 47.2. The summed E-state index contributed by atoms with van der Waals surface area (Å²) in [6, 6.07) is 38.0. The van der Waals surface area contributed by atoms with Crippen LogP contribution >= 0.6 is 23.5 Å². The van der Waals surface area contributed by atoms with Gasteiger partial charge in [0, 0.05) is 53.6 Å². The molecule has 14 heteroatoms. The minimum absolute atomic E-state index is 0.136. The fraction of sp³-hybridized carbons (Fsp3) is 0.308. The molecule has 0 aromatic heterocycles. The maximum absolute atomic E-state index is 14.8. The van der Waals surface area contributed by atoms with Crippen LogP contribution in [0.2, 0.25) is 0 Å². The van der Waals surface area contributed by atoms with E-state index in [1.54, 1.807) is 24.3 Å². The largest absolute Gasteiger partial charge is 0.341 e. The summed E-state index contributed by atoms with van der Waals surface area (Å²) in [6.07, 6.45) is 6.90. The van der Waals surface area contributed by atoms with Gasteiger partial charge >= 0.3 is 12.1 Å². The molecule has 7 rings (SSSR count). The average molecular weight is 919 g/mol. The molecule has 0 atom stereocenters. The fourth-order valence-corrected chi connectivity index (χ4v) is 9.78. The van der Waals surface area contributed by atoms with Gasteiger partial charge in [-0.2, -0.15) is 15.5 Å². The van der Waals surface area contributed by atoms with E-state index in [1.165, 1.54) is 33.5 Å². The molecular formula is C52H54N8O4S2. The second kappa shape index (κ2) is 22.0. The average Bonchev–Trinajstić information content (AvgIpc) is 3.36. The first-order chi connectivity index (χ1) is 32.0. The van der Waals surface area contributed by atoms with E-state index in [-0.39, 0.29) is 30.2 Å². The molecular weight excluding hydrogens is 865 g/mol. The number of nitrogens with zero attached hydrogens (tertiary/aromatic N) is 6. The minimum atomic E-state index is -0.600. The molecule has 2 aliphatic heterocycles. The lowest BCUT2D eigenvalue weighted by Crippen LogP contribution is -2.57. The number of piperidine rings is 2. The summed E-state index contributed by atoms with van der Waals surface area (Å²) in [6.45, 7) is 6.05. The summed E-state index contributed by atoms with van der Waals surface area (Å²) < 4.78 is 0. The highest BCUT2D eigenvalue weighted by molar-refractivity contribution is 7.99. The van der Waals surface area contributed by atoms with Crippen LogP contribution in [0, 0.1) is 22.7 Å². The molecule has 2 heterocycles. The number of anilines is 2.